The van der Waals surface area contributed by atoms with Crippen molar-refractivity contribution >= 4 is 16.8 Å². The molecular formula is C27H25N3O4. The molecule has 0 radical (unpaired) electrons. The number of hydrogen-bond donors (Lipinski definition) is 1. The van der Waals surface area contributed by atoms with Gasteiger partial charge < -0.3 is 19.4 Å². The Morgan fingerprint density at radius 1 is 1.06 bits per heavy atom. The second-order valence-electron chi connectivity index (χ2n) is 8.39. The van der Waals surface area contributed by atoms with Crippen molar-refractivity contribution in [1.82, 2.24) is 14.9 Å². The van der Waals surface area contributed by atoms with E-state index in [-0.39, 0.29) is 11.5 Å². The summed E-state index contributed by atoms with van der Waals surface area (Å²) in [6.07, 6.45) is 3.81. The Hall–Kier alpha value is -4.13. The van der Waals surface area contributed by atoms with Crippen molar-refractivity contribution in [2.45, 2.75) is 19.4 Å². The maximum Gasteiger partial charge on any atom is 0.256 e. The Labute approximate surface area is 197 Å². The van der Waals surface area contributed by atoms with Crippen molar-refractivity contribution < 1.29 is 14.3 Å². The van der Waals surface area contributed by atoms with Gasteiger partial charge in [0.15, 0.2) is 11.5 Å². The number of amides is 1. The van der Waals surface area contributed by atoms with Crippen LogP contribution in [0.25, 0.3) is 10.9 Å². The summed E-state index contributed by atoms with van der Waals surface area (Å²) < 4.78 is 11.1. The van der Waals surface area contributed by atoms with E-state index >= 15 is 0 Å². The van der Waals surface area contributed by atoms with E-state index in [0.29, 0.717) is 35.6 Å². The number of aromatic amines is 1. The highest BCUT2D eigenvalue weighted by Crippen LogP contribution is 2.41. The molecule has 0 saturated heterocycles. The van der Waals surface area contributed by atoms with Crippen molar-refractivity contribution in [2.24, 2.45) is 0 Å². The van der Waals surface area contributed by atoms with E-state index in [2.05, 4.69) is 9.97 Å². The Kier molecular flexibility index (Phi) is 5.53. The number of rotatable bonds is 4. The molecule has 7 nitrogen and oxygen atoms in total. The van der Waals surface area contributed by atoms with Crippen molar-refractivity contribution in [2.75, 3.05) is 20.8 Å². The van der Waals surface area contributed by atoms with Gasteiger partial charge in [0.2, 0.25) is 0 Å². The van der Waals surface area contributed by atoms with E-state index in [1.807, 2.05) is 43.3 Å². The molecule has 3 heterocycles. The molecular weight excluding hydrogens is 430 g/mol. The summed E-state index contributed by atoms with van der Waals surface area (Å²) in [5.41, 5.74) is 4.40. The first kappa shape index (κ1) is 21.7. The van der Waals surface area contributed by atoms with Crippen LogP contribution in [-0.2, 0) is 6.42 Å². The number of benzene rings is 2. The van der Waals surface area contributed by atoms with Gasteiger partial charge in [-0.15, -0.1) is 0 Å². The molecule has 1 amide bonds. The monoisotopic (exact) mass is 455 g/mol. The normalized spacial score (nSPS) is 15.1. The first-order chi connectivity index (χ1) is 16.5. The molecule has 0 fully saturated rings. The van der Waals surface area contributed by atoms with E-state index in [0.717, 1.165) is 27.6 Å². The zero-order valence-electron chi connectivity index (χ0n) is 19.3. The number of fused-ring (bicyclic) bond motifs is 2. The molecule has 0 bridgehead atoms. The lowest BCUT2D eigenvalue weighted by Gasteiger charge is -2.37. The molecule has 7 heteroatoms. The second-order valence-corrected chi connectivity index (χ2v) is 8.39. The van der Waals surface area contributed by atoms with E-state index in [1.165, 1.54) is 0 Å². The molecule has 0 aliphatic carbocycles. The number of aryl methyl sites for hydroxylation is 1. The van der Waals surface area contributed by atoms with E-state index < -0.39 is 6.04 Å². The molecule has 1 N–H and O–H groups in total. The Balaban J connectivity index is 1.74. The van der Waals surface area contributed by atoms with Crippen molar-refractivity contribution in [3.8, 4) is 11.5 Å². The van der Waals surface area contributed by atoms with Gasteiger partial charge in [0.25, 0.3) is 11.5 Å². The van der Waals surface area contributed by atoms with Crippen LogP contribution in [-0.4, -0.2) is 41.5 Å². The first-order valence-corrected chi connectivity index (χ1v) is 11.1. The summed E-state index contributed by atoms with van der Waals surface area (Å²) in [6.45, 7) is 2.41. The van der Waals surface area contributed by atoms with Gasteiger partial charge in [-0.3, -0.25) is 14.6 Å². The number of para-hydroxylation sites is 1. The number of H-pyrrole nitrogens is 1. The Morgan fingerprint density at radius 2 is 1.85 bits per heavy atom. The number of nitrogens with zero attached hydrogens (tertiary/aromatic N) is 2. The number of ether oxygens (including phenoxy) is 2. The van der Waals surface area contributed by atoms with Gasteiger partial charge in [-0.25, -0.2) is 0 Å². The number of aromatic nitrogens is 2. The molecule has 0 spiro atoms. The molecule has 5 rings (SSSR count). The smallest absolute Gasteiger partial charge is 0.256 e. The van der Waals surface area contributed by atoms with E-state index in [9.17, 15) is 9.59 Å². The number of hydrogen-bond acceptors (Lipinski definition) is 5. The highest BCUT2D eigenvalue weighted by Gasteiger charge is 2.35. The lowest BCUT2D eigenvalue weighted by molar-refractivity contribution is 0.0693. The van der Waals surface area contributed by atoms with Crippen LogP contribution in [0.5, 0.6) is 11.5 Å². The highest BCUT2D eigenvalue weighted by atomic mass is 16.5. The molecule has 172 valence electrons. The minimum absolute atomic E-state index is 0.178. The lowest BCUT2D eigenvalue weighted by atomic mass is 9.87. The largest absolute Gasteiger partial charge is 0.493 e. The minimum Gasteiger partial charge on any atom is -0.493 e. The fraction of sp³-hybridized carbons (Fsp3) is 0.222. The lowest BCUT2D eigenvalue weighted by Crippen LogP contribution is -2.42. The quantitative estimate of drug-likeness (QED) is 0.502. The van der Waals surface area contributed by atoms with Gasteiger partial charge in [0, 0.05) is 24.5 Å². The molecule has 1 aliphatic heterocycles. The number of pyridine rings is 2. The van der Waals surface area contributed by atoms with Crippen LogP contribution in [0.15, 0.2) is 65.7 Å². The predicted molar refractivity (Wildman–Crippen MR) is 130 cm³/mol. The molecule has 4 aromatic rings. The zero-order valence-corrected chi connectivity index (χ0v) is 19.3. The van der Waals surface area contributed by atoms with Gasteiger partial charge >= 0.3 is 0 Å². The summed E-state index contributed by atoms with van der Waals surface area (Å²) >= 11 is 0. The fourth-order valence-corrected chi connectivity index (χ4v) is 4.76. The highest BCUT2D eigenvalue weighted by molar-refractivity contribution is 5.95. The predicted octanol–water partition coefficient (Wildman–Crippen LogP) is 4.04. The maximum absolute atomic E-state index is 13.6. The van der Waals surface area contributed by atoms with Gasteiger partial charge in [-0.05, 0) is 65.8 Å². The van der Waals surface area contributed by atoms with Crippen LogP contribution in [0.2, 0.25) is 0 Å². The average molecular weight is 456 g/mol. The number of nitrogens with one attached hydrogen (secondary N) is 1. The third-order valence-electron chi connectivity index (χ3n) is 6.45. The summed E-state index contributed by atoms with van der Waals surface area (Å²) in [6, 6.07) is 14.5. The number of methoxy groups -OCH3 is 2. The van der Waals surface area contributed by atoms with Gasteiger partial charge in [-0.2, -0.15) is 0 Å². The Bertz CT molecular complexity index is 1450. The SMILES string of the molecule is COc1cc2c(cc1OC)[C@H](c1cc3cccc(C)c3[nH]c1=O)N(C(=O)c1cccnc1)CC2. The van der Waals surface area contributed by atoms with Crippen molar-refractivity contribution in [1.29, 1.82) is 0 Å². The molecule has 0 saturated carbocycles. The topological polar surface area (TPSA) is 84.5 Å². The molecule has 1 atom stereocenters. The standard InChI is InChI=1S/C27H25N3O4/c1-16-6-4-7-18-12-21(26(31)29-24(16)18)25-20-14-23(34-3)22(33-2)13-17(20)9-11-30(25)27(32)19-8-5-10-28-15-19/h4-8,10,12-15,25H,9,11H2,1-3H3,(H,29,31)/t25-/m1/s1. The van der Waals surface area contributed by atoms with Crippen LogP contribution in [0, 0.1) is 6.92 Å². The summed E-state index contributed by atoms with van der Waals surface area (Å²) in [7, 11) is 3.17. The number of carbonyl (C=O) groups is 1. The molecule has 1 aliphatic rings. The third kappa shape index (κ3) is 3.59. The van der Waals surface area contributed by atoms with Gasteiger partial charge in [0.05, 0.1) is 31.3 Å². The summed E-state index contributed by atoms with van der Waals surface area (Å²) in [4.78, 5) is 35.9. The van der Waals surface area contributed by atoms with Crippen LogP contribution in [0.4, 0.5) is 0 Å². The first-order valence-electron chi connectivity index (χ1n) is 11.1. The fourth-order valence-electron chi connectivity index (χ4n) is 4.76. The maximum atomic E-state index is 13.6. The molecule has 34 heavy (non-hydrogen) atoms. The second kappa shape index (κ2) is 8.67. The molecule has 2 aromatic heterocycles. The summed E-state index contributed by atoms with van der Waals surface area (Å²) in [5, 5.41) is 0.913. The molecule has 2 aromatic carbocycles. The van der Waals surface area contributed by atoms with E-state index in [1.54, 1.807) is 43.6 Å². The van der Waals surface area contributed by atoms with Crippen molar-refractivity contribution in [3.05, 3.63) is 99.1 Å². The van der Waals surface area contributed by atoms with Crippen LogP contribution < -0.4 is 15.0 Å². The third-order valence-corrected chi connectivity index (χ3v) is 6.45. The van der Waals surface area contributed by atoms with Crippen LogP contribution >= 0.6 is 0 Å². The molecule has 0 unspecified atom stereocenters. The number of carbonyl (C=O) groups excluding carboxylic acids is 1. The minimum atomic E-state index is -0.593. The van der Waals surface area contributed by atoms with Gasteiger partial charge in [-0.1, -0.05) is 18.2 Å². The van der Waals surface area contributed by atoms with Crippen molar-refractivity contribution in [3.63, 3.8) is 0 Å². The van der Waals surface area contributed by atoms with E-state index in [4.69, 9.17) is 9.47 Å². The average Bonchev–Trinajstić information content (AvgIpc) is 2.87. The summed E-state index contributed by atoms with van der Waals surface area (Å²) in [5.74, 6) is 0.993. The zero-order chi connectivity index (χ0) is 23.8. The van der Waals surface area contributed by atoms with Crippen LogP contribution in [0.1, 0.15) is 38.7 Å². The Morgan fingerprint density at radius 3 is 2.59 bits per heavy atom. The van der Waals surface area contributed by atoms with Gasteiger partial charge in [0.1, 0.15) is 0 Å². The van der Waals surface area contributed by atoms with Crippen LogP contribution in [0.3, 0.4) is 0 Å².